The van der Waals surface area contributed by atoms with Gasteiger partial charge in [-0.2, -0.15) is 0 Å². The minimum Gasteiger partial charge on any atom is -0.255 e. The van der Waals surface area contributed by atoms with Gasteiger partial charge in [0.1, 0.15) is 4.90 Å². The zero-order valence-electron chi connectivity index (χ0n) is 14.0. The van der Waals surface area contributed by atoms with Gasteiger partial charge in [0.2, 0.25) is 10.0 Å². The molecule has 3 aromatic rings. The van der Waals surface area contributed by atoms with E-state index in [1.54, 1.807) is 30.1 Å². The fraction of sp³-hybridized carbons (Fsp3) is 0.211. The average molecular weight is 373 g/mol. The molecule has 0 saturated heterocycles. The molecular weight excluding hydrogens is 352 g/mol. The second-order valence-electron chi connectivity index (χ2n) is 5.75. The smallest absolute Gasteiger partial charge is 0.242 e. The van der Waals surface area contributed by atoms with Crippen molar-refractivity contribution in [2.45, 2.75) is 23.1 Å². The molecule has 4 nitrogen and oxygen atoms in total. The number of para-hydroxylation sites is 1. The first-order valence-corrected chi connectivity index (χ1v) is 10.6. The normalized spacial score (nSPS) is 11.7. The lowest BCUT2D eigenvalue weighted by Crippen LogP contribution is -2.25. The number of hydrogen-bond acceptors (Lipinski definition) is 4. The number of benzene rings is 2. The van der Waals surface area contributed by atoms with Gasteiger partial charge in [-0.25, -0.2) is 13.1 Å². The highest BCUT2D eigenvalue weighted by Gasteiger charge is 2.17. The summed E-state index contributed by atoms with van der Waals surface area (Å²) in [5, 5.41) is 0.836. The summed E-state index contributed by atoms with van der Waals surface area (Å²) in [6.07, 6.45) is 2.45. The minimum absolute atomic E-state index is 0.237. The van der Waals surface area contributed by atoms with E-state index in [2.05, 4.69) is 21.8 Å². The molecule has 0 unspecified atom stereocenters. The van der Waals surface area contributed by atoms with Crippen LogP contribution in [-0.2, 0) is 10.0 Å². The maximum Gasteiger partial charge on any atom is 0.242 e. The Balaban J connectivity index is 1.62. The summed E-state index contributed by atoms with van der Waals surface area (Å²) in [4.78, 5) is 5.74. The molecule has 0 radical (unpaired) electrons. The number of hydrogen-bond donors (Lipinski definition) is 1. The molecule has 0 spiro atoms. The van der Waals surface area contributed by atoms with Crippen molar-refractivity contribution in [3.63, 3.8) is 0 Å². The number of aromatic nitrogens is 1. The third kappa shape index (κ3) is 4.60. The molecule has 0 bridgehead atoms. The van der Waals surface area contributed by atoms with Crippen LogP contribution in [-0.4, -0.2) is 25.7 Å². The third-order valence-corrected chi connectivity index (χ3v) is 6.32. The van der Waals surface area contributed by atoms with Crippen LogP contribution in [0.5, 0.6) is 0 Å². The Morgan fingerprint density at radius 3 is 2.68 bits per heavy atom. The van der Waals surface area contributed by atoms with E-state index in [4.69, 9.17) is 0 Å². The number of sulfonamides is 1. The monoisotopic (exact) mass is 372 g/mol. The number of fused-ring (bicyclic) bond motifs is 1. The van der Waals surface area contributed by atoms with Crippen LogP contribution >= 0.6 is 11.8 Å². The summed E-state index contributed by atoms with van der Waals surface area (Å²) in [5.41, 5.74) is 1.52. The number of thioether (sulfide) groups is 1. The Hall–Kier alpha value is -1.89. The van der Waals surface area contributed by atoms with E-state index < -0.39 is 10.0 Å². The second kappa shape index (κ2) is 7.99. The van der Waals surface area contributed by atoms with Crippen molar-refractivity contribution in [2.75, 3.05) is 12.3 Å². The molecule has 1 aromatic heterocycles. The fourth-order valence-corrected chi connectivity index (χ4v) is 4.65. The first kappa shape index (κ1) is 17.9. The summed E-state index contributed by atoms with van der Waals surface area (Å²) < 4.78 is 27.9. The maximum absolute atomic E-state index is 12.6. The van der Waals surface area contributed by atoms with Gasteiger partial charge in [0.05, 0.1) is 5.52 Å². The van der Waals surface area contributed by atoms with Gasteiger partial charge in [-0.05, 0) is 48.9 Å². The summed E-state index contributed by atoms with van der Waals surface area (Å²) in [5.74, 6) is 0.861. The predicted octanol–water partition coefficient (Wildman–Crippen LogP) is 4.00. The second-order valence-corrected chi connectivity index (χ2v) is 8.66. The first-order chi connectivity index (χ1) is 12.1. The van der Waals surface area contributed by atoms with Crippen LogP contribution in [0.1, 0.15) is 12.0 Å². The molecule has 0 aliphatic rings. The number of nitrogens with zero attached hydrogens (tertiary/aromatic N) is 1. The number of nitrogens with one attached hydrogen (secondary N) is 1. The molecule has 25 heavy (non-hydrogen) atoms. The summed E-state index contributed by atoms with van der Waals surface area (Å²) >= 11 is 1.72. The Morgan fingerprint density at radius 2 is 1.88 bits per heavy atom. The summed E-state index contributed by atoms with van der Waals surface area (Å²) in [6.45, 7) is 2.35. The zero-order valence-corrected chi connectivity index (χ0v) is 15.6. The average Bonchev–Trinajstić information content (AvgIpc) is 2.61. The lowest BCUT2D eigenvalue weighted by molar-refractivity contribution is 0.582. The van der Waals surface area contributed by atoms with Gasteiger partial charge in [-0.1, -0.05) is 30.3 Å². The Labute approximate surface area is 152 Å². The number of aryl methyl sites for hydroxylation is 1. The Bertz CT molecular complexity index is 958. The molecule has 1 heterocycles. The van der Waals surface area contributed by atoms with Crippen molar-refractivity contribution in [3.05, 3.63) is 66.4 Å². The van der Waals surface area contributed by atoms with Crippen LogP contribution in [0.15, 0.2) is 70.6 Å². The molecule has 0 fully saturated rings. The molecule has 0 atom stereocenters. The first-order valence-electron chi connectivity index (χ1n) is 8.09. The van der Waals surface area contributed by atoms with Crippen LogP contribution in [0.4, 0.5) is 0 Å². The highest BCUT2D eigenvalue weighted by Crippen LogP contribution is 2.22. The Morgan fingerprint density at radius 1 is 1.08 bits per heavy atom. The Kier molecular flexibility index (Phi) is 5.73. The molecule has 6 heteroatoms. The van der Waals surface area contributed by atoms with Crippen LogP contribution in [0.2, 0.25) is 0 Å². The van der Waals surface area contributed by atoms with E-state index >= 15 is 0 Å². The van der Waals surface area contributed by atoms with Gasteiger partial charge < -0.3 is 0 Å². The molecule has 0 saturated carbocycles. The largest absolute Gasteiger partial charge is 0.255 e. The lowest BCUT2D eigenvalue weighted by Gasteiger charge is -2.09. The van der Waals surface area contributed by atoms with Crippen LogP contribution < -0.4 is 4.72 Å². The number of pyridine rings is 1. The van der Waals surface area contributed by atoms with Gasteiger partial charge in [-0.15, -0.1) is 11.8 Å². The maximum atomic E-state index is 12.6. The van der Waals surface area contributed by atoms with Crippen LogP contribution in [0.25, 0.3) is 10.9 Å². The molecule has 130 valence electrons. The van der Waals surface area contributed by atoms with Gasteiger partial charge in [0, 0.05) is 23.0 Å². The van der Waals surface area contributed by atoms with Gasteiger partial charge in [-0.3, -0.25) is 4.98 Å². The van der Waals surface area contributed by atoms with Crippen LogP contribution in [0.3, 0.4) is 0 Å². The summed E-state index contributed by atoms with van der Waals surface area (Å²) in [7, 11) is -3.57. The van der Waals surface area contributed by atoms with E-state index in [1.807, 2.05) is 37.3 Å². The van der Waals surface area contributed by atoms with Gasteiger partial charge >= 0.3 is 0 Å². The molecular formula is C19H20N2O2S2. The molecule has 1 N–H and O–H groups in total. The quantitative estimate of drug-likeness (QED) is 0.503. The standard InChI is InChI=1S/C19H20N2O2S2/c1-15-13-16-7-5-10-18(19(16)20-14-15)25(22,23)21-11-6-12-24-17-8-3-2-4-9-17/h2-5,7-10,13-14,21H,6,11-12H2,1H3. The molecule has 0 aliphatic carbocycles. The van der Waals surface area contributed by atoms with Crippen molar-refractivity contribution in [1.82, 2.24) is 9.71 Å². The molecule has 0 aliphatic heterocycles. The van der Waals surface area contributed by atoms with E-state index in [1.165, 1.54) is 4.90 Å². The van der Waals surface area contributed by atoms with Crippen molar-refractivity contribution in [3.8, 4) is 0 Å². The SMILES string of the molecule is Cc1cnc2c(S(=O)(=O)NCCCSc3ccccc3)cccc2c1. The summed E-state index contributed by atoms with van der Waals surface area (Å²) in [6, 6.07) is 17.3. The highest BCUT2D eigenvalue weighted by atomic mass is 32.2. The van der Waals surface area contributed by atoms with Crippen molar-refractivity contribution >= 4 is 32.7 Å². The van der Waals surface area contributed by atoms with E-state index in [0.29, 0.717) is 12.1 Å². The van der Waals surface area contributed by atoms with Crippen molar-refractivity contribution in [2.24, 2.45) is 0 Å². The number of rotatable bonds is 7. The van der Waals surface area contributed by atoms with Gasteiger partial charge in [0.25, 0.3) is 0 Å². The van der Waals surface area contributed by atoms with E-state index in [9.17, 15) is 8.42 Å². The molecule has 3 rings (SSSR count). The topological polar surface area (TPSA) is 59.1 Å². The molecule has 0 amide bonds. The lowest BCUT2D eigenvalue weighted by atomic mass is 10.2. The van der Waals surface area contributed by atoms with E-state index in [0.717, 1.165) is 23.1 Å². The van der Waals surface area contributed by atoms with Crippen molar-refractivity contribution < 1.29 is 8.42 Å². The van der Waals surface area contributed by atoms with Crippen molar-refractivity contribution in [1.29, 1.82) is 0 Å². The predicted molar refractivity (Wildman–Crippen MR) is 103 cm³/mol. The minimum atomic E-state index is -3.57. The van der Waals surface area contributed by atoms with Crippen LogP contribution in [0, 0.1) is 6.92 Å². The van der Waals surface area contributed by atoms with Gasteiger partial charge in [0.15, 0.2) is 0 Å². The zero-order chi connectivity index (χ0) is 17.7. The van der Waals surface area contributed by atoms with E-state index in [-0.39, 0.29) is 4.90 Å². The highest BCUT2D eigenvalue weighted by molar-refractivity contribution is 7.99. The molecule has 2 aromatic carbocycles. The fourth-order valence-electron chi connectivity index (χ4n) is 2.52. The third-order valence-electron chi connectivity index (χ3n) is 3.73.